The molecule has 2 aromatic carbocycles. The molecule has 2 fully saturated rings. The Kier molecular flexibility index (Phi) is 7.78. The van der Waals surface area contributed by atoms with Gasteiger partial charge in [0.15, 0.2) is 0 Å². The molecule has 6 rings (SSSR count). The number of rotatable bonds is 7. The number of piperazine rings is 1. The summed E-state index contributed by atoms with van der Waals surface area (Å²) in [6, 6.07) is 15.0. The Balaban J connectivity index is 1.03. The SMILES string of the molecule is Fc1ccccc1Sc1cnc(N2CCN(c3ncnc(Nc4ccc(C5CCCCO5)cc4)n3)CC2)nc1. The minimum Gasteiger partial charge on any atom is -0.374 e. The van der Waals surface area contributed by atoms with E-state index in [-0.39, 0.29) is 11.9 Å². The third-order valence-electron chi connectivity index (χ3n) is 6.80. The minimum atomic E-state index is -0.248. The first kappa shape index (κ1) is 25.4. The summed E-state index contributed by atoms with van der Waals surface area (Å²) in [5.41, 5.74) is 2.13. The number of hydrogen-bond acceptors (Lipinski definition) is 10. The predicted octanol–water partition coefficient (Wildman–Crippen LogP) is 5.26. The first-order valence-corrected chi connectivity index (χ1v) is 13.9. The molecule has 4 aromatic rings. The number of nitrogens with one attached hydrogen (secondary N) is 1. The average molecular weight is 545 g/mol. The topological polar surface area (TPSA) is 92.2 Å². The second kappa shape index (κ2) is 11.9. The van der Waals surface area contributed by atoms with Crippen LogP contribution in [0.5, 0.6) is 0 Å². The number of ether oxygens (including phenoxy) is 1. The second-order valence-corrected chi connectivity index (χ2v) is 10.6. The van der Waals surface area contributed by atoms with E-state index in [1.54, 1.807) is 24.5 Å². The van der Waals surface area contributed by atoms with Gasteiger partial charge in [0.05, 0.1) is 6.10 Å². The smallest absolute Gasteiger partial charge is 0.231 e. The maximum atomic E-state index is 13.9. The molecule has 1 unspecified atom stereocenters. The highest BCUT2D eigenvalue weighted by atomic mass is 32.2. The summed E-state index contributed by atoms with van der Waals surface area (Å²) in [7, 11) is 0. The molecular formula is C28H29FN8OS. The Labute approximate surface area is 230 Å². The van der Waals surface area contributed by atoms with Crippen LogP contribution in [0.15, 0.2) is 77.0 Å². The van der Waals surface area contributed by atoms with Crippen molar-refractivity contribution in [3.05, 3.63) is 78.6 Å². The minimum absolute atomic E-state index is 0.191. The van der Waals surface area contributed by atoms with Crippen LogP contribution in [0.25, 0.3) is 0 Å². The molecule has 0 spiro atoms. The van der Waals surface area contributed by atoms with E-state index in [2.05, 4.69) is 52.2 Å². The molecule has 0 saturated carbocycles. The lowest BCUT2D eigenvalue weighted by molar-refractivity contribution is 0.0150. The number of anilines is 4. The van der Waals surface area contributed by atoms with Gasteiger partial charge < -0.3 is 19.9 Å². The fourth-order valence-corrected chi connectivity index (χ4v) is 5.48. The van der Waals surface area contributed by atoms with E-state index in [0.29, 0.717) is 22.7 Å². The highest BCUT2D eigenvalue weighted by molar-refractivity contribution is 7.99. The Hall–Kier alpha value is -3.83. The Morgan fingerprint density at radius 1 is 0.846 bits per heavy atom. The monoisotopic (exact) mass is 544 g/mol. The second-order valence-electron chi connectivity index (χ2n) is 9.44. The van der Waals surface area contributed by atoms with Gasteiger partial charge in [0.1, 0.15) is 12.1 Å². The lowest BCUT2D eigenvalue weighted by Gasteiger charge is -2.34. The van der Waals surface area contributed by atoms with E-state index >= 15 is 0 Å². The van der Waals surface area contributed by atoms with Crippen LogP contribution in [0.1, 0.15) is 30.9 Å². The van der Waals surface area contributed by atoms with E-state index in [9.17, 15) is 4.39 Å². The Morgan fingerprint density at radius 2 is 1.59 bits per heavy atom. The molecule has 1 atom stereocenters. The van der Waals surface area contributed by atoms with E-state index in [4.69, 9.17) is 4.74 Å². The van der Waals surface area contributed by atoms with Gasteiger partial charge in [-0.15, -0.1) is 0 Å². The lowest BCUT2D eigenvalue weighted by Crippen LogP contribution is -2.47. The first-order chi connectivity index (χ1) is 19.2. The molecule has 9 nitrogen and oxygen atoms in total. The van der Waals surface area contributed by atoms with Crippen molar-refractivity contribution < 1.29 is 9.13 Å². The number of aromatic nitrogens is 5. The maximum absolute atomic E-state index is 13.9. The third kappa shape index (κ3) is 6.26. The summed E-state index contributed by atoms with van der Waals surface area (Å²) in [5, 5.41) is 3.29. The van der Waals surface area contributed by atoms with Crippen molar-refractivity contribution >= 4 is 35.3 Å². The molecule has 200 valence electrons. The summed E-state index contributed by atoms with van der Waals surface area (Å²) in [5.74, 6) is 1.56. The molecule has 39 heavy (non-hydrogen) atoms. The molecule has 0 radical (unpaired) electrons. The van der Waals surface area contributed by atoms with Gasteiger partial charge in [-0.3, -0.25) is 0 Å². The summed E-state index contributed by atoms with van der Waals surface area (Å²) in [4.78, 5) is 28.0. The molecule has 1 N–H and O–H groups in total. The van der Waals surface area contributed by atoms with Gasteiger partial charge in [-0.05, 0) is 49.1 Å². The van der Waals surface area contributed by atoms with Crippen molar-refractivity contribution in [1.82, 2.24) is 24.9 Å². The zero-order valence-electron chi connectivity index (χ0n) is 21.4. The fourth-order valence-electron chi connectivity index (χ4n) is 4.70. The van der Waals surface area contributed by atoms with E-state index in [1.807, 2.05) is 18.2 Å². The highest BCUT2D eigenvalue weighted by Crippen LogP contribution is 2.30. The first-order valence-electron chi connectivity index (χ1n) is 13.1. The summed E-state index contributed by atoms with van der Waals surface area (Å²) < 4.78 is 19.8. The molecule has 0 aliphatic carbocycles. The number of hydrogen-bond donors (Lipinski definition) is 1. The van der Waals surface area contributed by atoms with Crippen LogP contribution >= 0.6 is 11.8 Å². The van der Waals surface area contributed by atoms with Crippen LogP contribution in [0, 0.1) is 5.82 Å². The molecule has 2 saturated heterocycles. The van der Waals surface area contributed by atoms with Crippen molar-refractivity contribution in [1.29, 1.82) is 0 Å². The molecule has 2 aromatic heterocycles. The molecule has 0 amide bonds. The van der Waals surface area contributed by atoms with Crippen LogP contribution in [0.3, 0.4) is 0 Å². The normalized spacial score (nSPS) is 17.7. The van der Waals surface area contributed by atoms with Gasteiger partial charge in [-0.25, -0.2) is 24.3 Å². The molecule has 2 aliphatic heterocycles. The number of nitrogens with zero attached hydrogens (tertiary/aromatic N) is 7. The zero-order chi connectivity index (χ0) is 26.4. The summed E-state index contributed by atoms with van der Waals surface area (Å²) in [6.07, 6.45) is 8.64. The van der Waals surface area contributed by atoms with Crippen LogP contribution < -0.4 is 15.1 Å². The van der Waals surface area contributed by atoms with Crippen molar-refractivity contribution in [2.75, 3.05) is 47.9 Å². The predicted molar refractivity (Wildman–Crippen MR) is 149 cm³/mol. The molecular weight excluding hydrogens is 515 g/mol. The Morgan fingerprint density at radius 3 is 2.31 bits per heavy atom. The summed E-state index contributed by atoms with van der Waals surface area (Å²) >= 11 is 1.32. The van der Waals surface area contributed by atoms with Gasteiger partial charge in [-0.1, -0.05) is 36.0 Å². The average Bonchev–Trinajstić information content (AvgIpc) is 3.00. The van der Waals surface area contributed by atoms with Crippen LogP contribution in [0.2, 0.25) is 0 Å². The van der Waals surface area contributed by atoms with Gasteiger partial charge in [0.2, 0.25) is 17.8 Å². The summed E-state index contributed by atoms with van der Waals surface area (Å²) in [6.45, 7) is 3.77. The van der Waals surface area contributed by atoms with E-state index in [0.717, 1.165) is 56.2 Å². The number of benzene rings is 2. The van der Waals surface area contributed by atoms with Crippen molar-refractivity contribution in [2.45, 2.75) is 35.2 Å². The molecule has 4 heterocycles. The van der Waals surface area contributed by atoms with Crippen LogP contribution in [-0.4, -0.2) is 57.7 Å². The van der Waals surface area contributed by atoms with Gasteiger partial charge in [0.25, 0.3) is 0 Å². The highest BCUT2D eigenvalue weighted by Gasteiger charge is 2.22. The number of halogens is 1. The fraction of sp³-hybridized carbons (Fsp3) is 0.321. The van der Waals surface area contributed by atoms with Crippen LogP contribution in [-0.2, 0) is 4.74 Å². The lowest BCUT2D eigenvalue weighted by atomic mass is 10.0. The van der Waals surface area contributed by atoms with Gasteiger partial charge in [-0.2, -0.15) is 4.98 Å². The quantitative estimate of drug-likeness (QED) is 0.332. The third-order valence-corrected chi connectivity index (χ3v) is 7.80. The Bertz CT molecular complexity index is 1380. The van der Waals surface area contributed by atoms with Crippen molar-refractivity contribution in [3.63, 3.8) is 0 Å². The van der Waals surface area contributed by atoms with E-state index < -0.39 is 0 Å². The standard InChI is InChI=1S/C28H29FN8OS/c29-23-5-1-2-7-25(23)39-22-17-30-27(31-18-22)36-12-14-37(15-13-36)28-33-19-32-26(35-28)34-21-10-8-20(9-11-21)24-6-3-4-16-38-24/h1-2,5,7-11,17-19,24H,3-4,6,12-16H2,(H,32,33,34,35). The van der Waals surface area contributed by atoms with Crippen molar-refractivity contribution in [2.24, 2.45) is 0 Å². The maximum Gasteiger partial charge on any atom is 0.231 e. The van der Waals surface area contributed by atoms with Crippen molar-refractivity contribution in [3.8, 4) is 0 Å². The molecule has 0 bridgehead atoms. The van der Waals surface area contributed by atoms with E-state index in [1.165, 1.54) is 36.1 Å². The molecule has 2 aliphatic rings. The zero-order valence-corrected chi connectivity index (χ0v) is 22.2. The van der Waals surface area contributed by atoms with Crippen LogP contribution in [0.4, 0.5) is 27.9 Å². The molecule has 11 heteroatoms. The largest absolute Gasteiger partial charge is 0.374 e. The van der Waals surface area contributed by atoms with Gasteiger partial charge in [0, 0.05) is 60.7 Å². The van der Waals surface area contributed by atoms with Gasteiger partial charge >= 0.3 is 0 Å².